The van der Waals surface area contributed by atoms with Crippen molar-refractivity contribution in [1.82, 2.24) is 25.0 Å². The Morgan fingerprint density at radius 1 is 1.26 bits per heavy atom. The summed E-state index contributed by atoms with van der Waals surface area (Å²) in [6, 6.07) is 4.58. The van der Waals surface area contributed by atoms with Crippen LogP contribution in [0.2, 0.25) is 0 Å². The molecular formula is C16H14F3N5O3. The van der Waals surface area contributed by atoms with Gasteiger partial charge in [0.25, 0.3) is 0 Å². The third kappa shape index (κ3) is 4.91. The van der Waals surface area contributed by atoms with Crippen LogP contribution < -0.4 is 9.47 Å². The lowest BCUT2D eigenvalue weighted by Crippen LogP contribution is -2.05. The minimum Gasteiger partial charge on any atom is -0.457 e. The molecule has 3 rings (SSSR count). The van der Waals surface area contributed by atoms with Gasteiger partial charge < -0.3 is 14.2 Å². The molecule has 0 saturated heterocycles. The van der Waals surface area contributed by atoms with Crippen LogP contribution >= 0.6 is 0 Å². The van der Waals surface area contributed by atoms with Crippen molar-refractivity contribution >= 4 is 0 Å². The first kappa shape index (κ1) is 16.0. The Kier molecular flexibility index (Phi) is 5.01. The molecule has 142 valence electrons. The standard InChI is InChI=1S/C16H14F3N5O3/c1-25-8-10-4-5-20-16(21-10)26-9-11-7-24(23-22-11)12-2-3-13(17)14(6-12)27-15(18)19/h2-7,15H,8-9H2,1H3/i8D2. The Labute approximate surface area is 154 Å². The van der Waals surface area contributed by atoms with Crippen LogP contribution in [-0.4, -0.2) is 38.7 Å². The summed E-state index contributed by atoms with van der Waals surface area (Å²) in [4.78, 5) is 7.80. The van der Waals surface area contributed by atoms with Gasteiger partial charge in [0.15, 0.2) is 11.6 Å². The Bertz CT molecular complexity index is 990. The summed E-state index contributed by atoms with van der Waals surface area (Å²) in [5.41, 5.74) is 0.549. The summed E-state index contributed by atoms with van der Waals surface area (Å²) in [5.74, 6) is -1.56. The molecule has 8 nitrogen and oxygen atoms in total. The fraction of sp³-hybridized carbons (Fsp3) is 0.250. The molecule has 0 aliphatic rings. The van der Waals surface area contributed by atoms with Crippen LogP contribution in [0.1, 0.15) is 14.1 Å². The zero-order valence-electron chi connectivity index (χ0n) is 15.8. The van der Waals surface area contributed by atoms with Crippen LogP contribution in [0.5, 0.6) is 11.8 Å². The van der Waals surface area contributed by atoms with E-state index >= 15 is 0 Å². The Hall–Kier alpha value is -3.21. The van der Waals surface area contributed by atoms with Gasteiger partial charge in [-0.15, -0.1) is 5.10 Å². The number of rotatable bonds is 8. The van der Waals surface area contributed by atoms with E-state index in [1.54, 1.807) is 0 Å². The number of nitrogens with zero attached hydrogens (tertiary/aromatic N) is 5. The molecule has 11 heteroatoms. The molecule has 27 heavy (non-hydrogen) atoms. The van der Waals surface area contributed by atoms with Crippen molar-refractivity contribution in [2.45, 2.75) is 19.8 Å². The molecule has 0 atom stereocenters. The normalized spacial score (nSPS) is 12.6. The maximum Gasteiger partial charge on any atom is 0.387 e. The van der Waals surface area contributed by atoms with Crippen molar-refractivity contribution in [2.24, 2.45) is 0 Å². The van der Waals surface area contributed by atoms with Gasteiger partial charge in [-0.3, -0.25) is 0 Å². The van der Waals surface area contributed by atoms with Gasteiger partial charge in [-0.05, 0) is 18.2 Å². The average Bonchev–Trinajstić information content (AvgIpc) is 3.17. The first-order chi connectivity index (χ1) is 13.8. The second kappa shape index (κ2) is 8.45. The van der Waals surface area contributed by atoms with Gasteiger partial charge in [0, 0.05) is 19.4 Å². The topological polar surface area (TPSA) is 84.2 Å². The largest absolute Gasteiger partial charge is 0.457 e. The van der Waals surface area contributed by atoms with Crippen molar-refractivity contribution in [2.75, 3.05) is 7.11 Å². The SMILES string of the molecule is [2H]C([2H])(OC)c1ccnc(OCc2cn(-c3ccc(F)c(OC(F)F)c3)nn2)n1. The number of alkyl halides is 2. The van der Waals surface area contributed by atoms with Crippen LogP contribution in [0.3, 0.4) is 0 Å². The summed E-state index contributed by atoms with van der Waals surface area (Å²) < 4.78 is 69.0. The summed E-state index contributed by atoms with van der Waals surface area (Å²) in [6.07, 6.45) is 2.74. The number of methoxy groups -OCH3 is 1. The minimum atomic E-state index is -3.17. The Morgan fingerprint density at radius 2 is 2.11 bits per heavy atom. The van der Waals surface area contributed by atoms with E-state index in [9.17, 15) is 13.2 Å². The van der Waals surface area contributed by atoms with E-state index in [2.05, 4.69) is 25.0 Å². The molecular weight excluding hydrogens is 367 g/mol. The molecule has 0 saturated carbocycles. The van der Waals surface area contributed by atoms with Gasteiger partial charge in [-0.25, -0.2) is 14.1 Å². The number of aromatic nitrogens is 5. The van der Waals surface area contributed by atoms with Gasteiger partial charge >= 0.3 is 12.6 Å². The van der Waals surface area contributed by atoms with Crippen molar-refractivity contribution in [3.05, 3.63) is 53.9 Å². The molecule has 0 fully saturated rings. The number of ether oxygens (including phenoxy) is 3. The van der Waals surface area contributed by atoms with E-state index in [4.69, 9.17) is 12.2 Å². The van der Waals surface area contributed by atoms with Crippen LogP contribution in [0.4, 0.5) is 13.2 Å². The van der Waals surface area contributed by atoms with E-state index in [-0.39, 0.29) is 24.0 Å². The molecule has 3 aromatic rings. The highest BCUT2D eigenvalue weighted by Crippen LogP contribution is 2.22. The van der Waals surface area contributed by atoms with Gasteiger partial charge in [-0.2, -0.15) is 13.8 Å². The molecule has 1 aromatic carbocycles. The van der Waals surface area contributed by atoms with Gasteiger partial charge in [0.05, 0.1) is 26.9 Å². The quantitative estimate of drug-likeness (QED) is 0.591. The fourth-order valence-electron chi connectivity index (χ4n) is 2.02. The first-order valence-electron chi connectivity index (χ1n) is 8.46. The van der Waals surface area contributed by atoms with Crippen LogP contribution in [-0.2, 0) is 17.9 Å². The summed E-state index contributed by atoms with van der Waals surface area (Å²) >= 11 is 0. The highest BCUT2D eigenvalue weighted by atomic mass is 19.3. The van der Waals surface area contributed by atoms with E-state index in [1.165, 1.54) is 36.3 Å². The molecule has 0 amide bonds. The molecule has 0 aliphatic heterocycles. The molecule has 0 radical (unpaired) electrons. The van der Waals surface area contributed by atoms with Crippen LogP contribution in [0.15, 0.2) is 36.7 Å². The molecule has 0 spiro atoms. The zero-order chi connectivity index (χ0) is 21.0. The molecule has 0 unspecified atom stereocenters. The predicted octanol–water partition coefficient (Wildman–Crippen LogP) is 2.52. The lowest BCUT2D eigenvalue weighted by Gasteiger charge is -2.07. The lowest BCUT2D eigenvalue weighted by atomic mass is 10.3. The maximum absolute atomic E-state index is 13.5. The Balaban J connectivity index is 1.71. The van der Waals surface area contributed by atoms with Crippen molar-refractivity contribution in [3.8, 4) is 17.4 Å². The molecule has 0 bridgehead atoms. The van der Waals surface area contributed by atoms with E-state index in [1.807, 2.05) is 0 Å². The van der Waals surface area contributed by atoms with Crippen LogP contribution in [0.25, 0.3) is 5.69 Å². The minimum absolute atomic E-state index is 0.0217. The Morgan fingerprint density at radius 3 is 2.89 bits per heavy atom. The summed E-state index contributed by atoms with van der Waals surface area (Å²) in [7, 11) is 1.20. The second-order valence-electron chi connectivity index (χ2n) is 4.97. The molecule has 0 N–H and O–H groups in total. The van der Waals surface area contributed by atoms with E-state index in [0.29, 0.717) is 5.69 Å². The molecule has 2 aromatic heterocycles. The van der Waals surface area contributed by atoms with Gasteiger partial charge in [0.2, 0.25) is 0 Å². The molecule has 2 heterocycles. The third-order valence-electron chi connectivity index (χ3n) is 3.13. The highest BCUT2D eigenvalue weighted by Gasteiger charge is 2.13. The average molecular weight is 383 g/mol. The monoisotopic (exact) mass is 383 g/mol. The van der Waals surface area contributed by atoms with Crippen LogP contribution in [0, 0.1) is 5.82 Å². The lowest BCUT2D eigenvalue weighted by molar-refractivity contribution is -0.0521. The van der Waals surface area contributed by atoms with Gasteiger partial charge in [0.1, 0.15) is 12.3 Å². The zero-order valence-corrected chi connectivity index (χ0v) is 13.8. The first-order valence-corrected chi connectivity index (χ1v) is 7.46. The second-order valence-corrected chi connectivity index (χ2v) is 4.97. The molecule has 0 aliphatic carbocycles. The number of halogens is 3. The maximum atomic E-state index is 13.5. The highest BCUT2D eigenvalue weighted by molar-refractivity contribution is 5.39. The van der Waals surface area contributed by atoms with Crippen molar-refractivity contribution in [3.63, 3.8) is 0 Å². The van der Waals surface area contributed by atoms with Crippen molar-refractivity contribution in [1.29, 1.82) is 0 Å². The summed E-state index contributed by atoms with van der Waals surface area (Å²) in [6.45, 7) is -5.38. The smallest absolute Gasteiger partial charge is 0.387 e. The fourth-order valence-corrected chi connectivity index (χ4v) is 2.02. The predicted molar refractivity (Wildman–Crippen MR) is 85.0 cm³/mol. The number of benzene rings is 1. The number of hydrogen-bond donors (Lipinski definition) is 0. The summed E-state index contributed by atoms with van der Waals surface area (Å²) in [5, 5.41) is 7.68. The van der Waals surface area contributed by atoms with Gasteiger partial charge in [-0.1, -0.05) is 5.21 Å². The van der Waals surface area contributed by atoms with E-state index in [0.717, 1.165) is 12.1 Å². The van der Waals surface area contributed by atoms with Crippen molar-refractivity contribution < 1.29 is 30.1 Å². The van der Waals surface area contributed by atoms with E-state index < -0.39 is 24.7 Å². The third-order valence-corrected chi connectivity index (χ3v) is 3.13. The number of hydrogen-bond acceptors (Lipinski definition) is 7.